The van der Waals surface area contributed by atoms with Crippen LogP contribution in [0.25, 0.3) is 0 Å². The average molecular weight is 304 g/mol. The van der Waals surface area contributed by atoms with Gasteiger partial charge in [-0.15, -0.1) is 0 Å². The predicted octanol–water partition coefficient (Wildman–Crippen LogP) is 3.01. The molecule has 0 heterocycles. The van der Waals surface area contributed by atoms with E-state index in [0.29, 0.717) is 5.02 Å². The summed E-state index contributed by atoms with van der Waals surface area (Å²) in [6, 6.07) is 12.2. The number of hydrazone groups is 1. The van der Waals surface area contributed by atoms with Crippen LogP contribution in [0.5, 0.6) is 0 Å². The van der Waals surface area contributed by atoms with Crippen molar-refractivity contribution in [2.24, 2.45) is 5.10 Å². The zero-order valence-corrected chi connectivity index (χ0v) is 11.4. The highest BCUT2D eigenvalue weighted by Crippen LogP contribution is 2.11. The van der Waals surface area contributed by atoms with Gasteiger partial charge in [0.1, 0.15) is 0 Å². The van der Waals surface area contributed by atoms with Gasteiger partial charge in [-0.25, -0.2) is 5.43 Å². The lowest BCUT2D eigenvalue weighted by Crippen LogP contribution is -2.17. The minimum atomic E-state index is -0.527. The summed E-state index contributed by atoms with van der Waals surface area (Å²) < 4.78 is 0. The molecule has 0 bridgehead atoms. The average Bonchev–Trinajstić information content (AvgIpc) is 2.49. The predicted molar refractivity (Wildman–Crippen MR) is 79.6 cm³/mol. The van der Waals surface area contributed by atoms with Crippen LogP contribution in [0, 0.1) is 10.1 Å². The van der Waals surface area contributed by atoms with Crippen LogP contribution in [0.15, 0.2) is 53.6 Å². The fraction of sp³-hybridized carbons (Fsp3) is 0. The van der Waals surface area contributed by atoms with Gasteiger partial charge in [-0.05, 0) is 29.8 Å². The molecule has 1 amide bonds. The normalized spacial score (nSPS) is 10.5. The first-order chi connectivity index (χ1) is 10.1. The number of hydrogen-bond acceptors (Lipinski definition) is 4. The number of nitro groups is 1. The highest BCUT2D eigenvalue weighted by molar-refractivity contribution is 6.30. The summed E-state index contributed by atoms with van der Waals surface area (Å²) in [5.74, 6) is -0.449. The Balaban J connectivity index is 1.98. The highest BCUT2D eigenvalue weighted by Gasteiger charge is 2.08. The van der Waals surface area contributed by atoms with E-state index in [0.717, 1.165) is 5.56 Å². The van der Waals surface area contributed by atoms with E-state index in [1.165, 1.54) is 30.5 Å². The summed E-state index contributed by atoms with van der Waals surface area (Å²) in [5, 5.41) is 14.9. The van der Waals surface area contributed by atoms with Gasteiger partial charge in [0.15, 0.2) is 0 Å². The van der Waals surface area contributed by atoms with Crippen molar-refractivity contribution >= 4 is 29.4 Å². The Bertz CT molecular complexity index is 682. The molecule has 0 aliphatic heterocycles. The van der Waals surface area contributed by atoms with E-state index < -0.39 is 10.8 Å². The first-order valence-electron chi connectivity index (χ1n) is 5.90. The second kappa shape index (κ2) is 6.62. The van der Waals surface area contributed by atoms with Gasteiger partial charge in [-0.3, -0.25) is 14.9 Å². The molecule has 0 fully saturated rings. The number of carbonyl (C=O) groups is 1. The smallest absolute Gasteiger partial charge is 0.267 e. The summed E-state index contributed by atoms with van der Waals surface area (Å²) in [6.45, 7) is 0. The molecular formula is C14H10ClN3O3. The number of amides is 1. The topological polar surface area (TPSA) is 84.6 Å². The van der Waals surface area contributed by atoms with Crippen molar-refractivity contribution < 1.29 is 9.72 Å². The van der Waals surface area contributed by atoms with Crippen molar-refractivity contribution in [3.8, 4) is 0 Å². The molecule has 0 radical (unpaired) electrons. The maximum Gasteiger partial charge on any atom is 0.271 e. The fourth-order valence-electron chi connectivity index (χ4n) is 1.51. The summed E-state index contributed by atoms with van der Waals surface area (Å²) in [6.07, 6.45) is 1.47. The number of nitro benzene ring substituents is 1. The number of non-ortho nitro benzene ring substituents is 1. The van der Waals surface area contributed by atoms with Crippen LogP contribution in [0.4, 0.5) is 5.69 Å². The lowest BCUT2D eigenvalue weighted by Gasteiger charge is -1.99. The molecule has 1 N–H and O–H groups in total. The quantitative estimate of drug-likeness (QED) is 0.535. The number of benzene rings is 2. The zero-order chi connectivity index (χ0) is 15.2. The zero-order valence-electron chi connectivity index (χ0n) is 10.7. The van der Waals surface area contributed by atoms with Gasteiger partial charge in [0.25, 0.3) is 11.6 Å². The van der Waals surface area contributed by atoms with Crippen LogP contribution in [-0.4, -0.2) is 17.0 Å². The van der Waals surface area contributed by atoms with E-state index in [-0.39, 0.29) is 11.3 Å². The molecule has 2 rings (SSSR count). The summed E-state index contributed by atoms with van der Waals surface area (Å²) >= 11 is 5.75. The van der Waals surface area contributed by atoms with Gasteiger partial charge in [0.05, 0.1) is 11.1 Å². The summed E-state index contributed by atoms with van der Waals surface area (Å²) in [4.78, 5) is 21.7. The molecule has 0 atom stereocenters. The largest absolute Gasteiger partial charge is 0.271 e. The van der Waals surface area contributed by atoms with Crippen LogP contribution in [0.1, 0.15) is 15.9 Å². The SMILES string of the molecule is O=C(N/N=C/c1ccc(Cl)cc1)c1ccc([N+](=O)[O-])cc1. The summed E-state index contributed by atoms with van der Waals surface area (Å²) in [5.41, 5.74) is 3.33. The van der Waals surface area contributed by atoms with E-state index in [4.69, 9.17) is 11.6 Å². The molecule has 0 aromatic heterocycles. The number of nitrogens with zero attached hydrogens (tertiary/aromatic N) is 2. The Kier molecular flexibility index (Phi) is 4.63. The first kappa shape index (κ1) is 14.7. The van der Waals surface area contributed by atoms with Crippen molar-refractivity contribution in [3.05, 3.63) is 74.8 Å². The maximum atomic E-state index is 11.8. The molecule has 0 saturated heterocycles. The van der Waals surface area contributed by atoms with E-state index in [9.17, 15) is 14.9 Å². The third kappa shape index (κ3) is 4.12. The van der Waals surface area contributed by atoms with E-state index in [2.05, 4.69) is 10.5 Å². The van der Waals surface area contributed by atoms with Crippen LogP contribution < -0.4 is 5.43 Å². The molecule has 2 aromatic carbocycles. The molecule has 0 aliphatic carbocycles. The van der Waals surface area contributed by atoms with Crippen molar-refractivity contribution in [3.63, 3.8) is 0 Å². The lowest BCUT2D eigenvalue weighted by molar-refractivity contribution is -0.384. The molecule has 0 aliphatic rings. The Morgan fingerprint density at radius 1 is 1.14 bits per heavy atom. The van der Waals surface area contributed by atoms with E-state index in [1.807, 2.05) is 0 Å². The van der Waals surface area contributed by atoms with Gasteiger partial charge >= 0.3 is 0 Å². The van der Waals surface area contributed by atoms with Crippen LogP contribution in [-0.2, 0) is 0 Å². The Morgan fingerprint density at radius 2 is 1.76 bits per heavy atom. The van der Waals surface area contributed by atoms with E-state index in [1.54, 1.807) is 24.3 Å². The molecule has 0 unspecified atom stereocenters. The standard InChI is InChI=1S/C14H10ClN3O3/c15-12-5-1-10(2-6-12)9-16-17-14(19)11-3-7-13(8-4-11)18(20)21/h1-9H,(H,17,19)/b16-9+. The van der Waals surface area contributed by atoms with E-state index >= 15 is 0 Å². The molecule has 7 heteroatoms. The van der Waals surface area contributed by atoms with Gasteiger partial charge < -0.3 is 0 Å². The van der Waals surface area contributed by atoms with Gasteiger partial charge in [-0.1, -0.05) is 23.7 Å². The number of carbonyl (C=O) groups excluding carboxylic acids is 1. The third-order valence-corrected chi connectivity index (χ3v) is 2.84. The van der Waals surface area contributed by atoms with Gasteiger partial charge in [0.2, 0.25) is 0 Å². The van der Waals surface area contributed by atoms with Gasteiger partial charge in [0, 0.05) is 22.7 Å². The van der Waals surface area contributed by atoms with Crippen molar-refractivity contribution in [2.75, 3.05) is 0 Å². The molecule has 2 aromatic rings. The highest BCUT2D eigenvalue weighted by atomic mass is 35.5. The Labute approximate surface area is 125 Å². The molecule has 0 spiro atoms. The summed E-state index contributed by atoms with van der Waals surface area (Å²) in [7, 11) is 0. The Morgan fingerprint density at radius 3 is 2.33 bits per heavy atom. The molecular weight excluding hydrogens is 294 g/mol. The monoisotopic (exact) mass is 303 g/mol. The van der Waals surface area contributed by atoms with Crippen LogP contribution in [0.3, 0.4) is 0 Å². The minimum Gasteiger partial charge on any atom is -0.267 e. The third-order valence-electron chi connectivity index (χ3n) is 2.59. The van der Waals surface area contributed by atoms with Crippen LogP contribution in [0.2, 0.25) is 5.02 Å². The van der Waals surface area contributed by atoms with Crippen molar-refractivity contribution in [2.45, 2.75) is 0 Å². The van der Waals surface area contributed by atoms with Crippen molar-refractivity contribution in [1.82, 2.24) is 5.43 Å². The first-order valence-corrected chi connectivity index (χ1v) is 6.27. The molecule has 0 saturated carbocycles. The lowest BCUT2D eigenvalue weighted by atomic mass is 10.2. The van der Waals surface area contributed by atoms with Gasteiger partial charge in [-0.2, -0.15) is 5.10 Å². The number of rotatable bonds is 4. The molecule has 106 valence electrons. The van der Waals surface area contributed by atoms with Crippen molar-refractivity contribution in [1.29, 1.82) is 0 Å². The number of hydrogen-bond donors (Lipinski definition) is 1. The minimum absolute atomic E-state index is 0.0729. The number of nitrogens with one attached hydrogen (secondary N) is 1. The fourth-order valence-corrected chi connectivity index (χ4v) is 1.64. The number of halogens is 1. The Hall–Kier alpha value is -2.73. The second-order valence-electron chi connectivity index (χ2n) is 4.05. The molecule has 6 nitrogen and oxygen atoms in total. The molecule has 21 heavy (non-hydrogen) atoms. The van der Waals surface area contributed by atoms with Crippen LogP contribution >= 0.6 is 11.6 Å². The second-order valence-corrected chi connectivity index (χ2v) is 4.49. The maximum absolute atomic E-state index is 11.8.